The SMILES string of the molecule is C[C@H]1[C@H](C)CC[C@]2(COC(=O)c3ccccc3C(=O)O)CC[C@]3(C)C(=CC[C@@H]4[C@@]5(C)CC[C@H](OC(=O)c6ccccc6C(=O)O)C(C)(C)[C@@H]5CC[C@]43C)[C@H]12. The predicted octanol–water partition coefficient (Wildman–Crippen LogP) is 10.1. The molecule has 10 atom stereocenters. The average Bonchev–Trinajstić information content (AvgIpc) is 3.13. The van der Waals surface area contributed by atoms with Gasteiger partial charge in [-0.05, 0) is 128 Å². The van der Waals surface area contributed by atoms with Crippen LogP contribution in [0, 0.1) is 56.7 Å². The lowest BCUT2D eigenvalue weighted by atomic mass is 9.33. The highest BCUT2D eigenvalue weighted by molar-refractivity contribution is 6.03. The zero-order chi connectivity index (χ0) is 39.0. The smallest absolute Gasteiger partial charge is 0.339 e. The molecule has 5 aliphatic carbocycles. The van der Waals surface area contributed by atoms with Crippen LogP contribution in [0.4, 0.5) is 0 Å². The molecule has 0 spiro atoms. The number of hydrogen-bond donors (Lipinski definition) is 2. The van der Waals surface area contributed by atoms with Gasteiger partial charge in [0.05, 0.1) is 28.9 Å². The molecule has 0 unspecified atom stereocenters. The highest BCUT2D eigenvalue weighted by Gasteiger charge is 2.69. The van der Waals surface area contributed by atoms with Gasteiger partial charge in [-0.3, -0.25) is 0 Å². The fourth-order valence-corrected chi connectivity index (χ4v) is 13.2. The molecule has 2 aromatic carbocycles. The zero-order valence-electron chi connectivity index (χ0n) is 33.1. The van der Waals surface area contributed by atoms with Crippen molar-refractivity contribution in [3.8, 4) is 0 Å². The normalized spacial score (nSPS) is 37.9. The Bertz CT molecular complexity index is 1890. The summed E-state index contributed by atoms with van der Waals surface area (Å²) < 4.78 is 12.4. The second-order valence-corrected chi connectivity index (χ2v) is 19.0. The van der Waals surface area contributed by atoms with Crippen molar-refractivity contribution in [1.82, 2.24) is 0 Å². The molecule has 0 aliphatic heterocycles. The Balaban J connectivity index is 1.16. The van der Waals surface area contributed by atoms with Gasteiger partial charge in [-0.25, -0.2) is 19.2 Å². The Kier molecular flexibility index (Phi) is 9.49. The number of carboxylic acid groups (broad SMARTS) is 2. The van der Waals surface area contributed by atoms with Crippen LogP contribution in [-0.4, -0.2) is 46.8 Å². The number of esters is 2. The van der Waals surface area contributed by atoms with Gasteiger partial charge in [0.2, 0.25) is 0 Å². The number of benzene rings is 2. The lowest BCUT2D eigenvalue weighted by Gasteiger charge is -2.71. The van der Waals surface area contributed by atoms with Crippen molar-refractivity contribution in [2.24, 2.45) is 56.7 Å². The van der Waals surface area contributed by atoms with Crippen molar-refractivity contribution in [2.45, 2.75) is 112 Å². The number of carbonyl (C=O) groups excluding carboxylic acids is 2. The van der Waals surface area contributed by atoms with Crippen LogP contribution < -0.4 is 0 Å². The van der Waals surface area contributed by atoms with Gasteiger partial charge in [-0.2, -0.15) is 0 Å². The van der Waals surface area contributed by atoms with E-state index < -0.39 is 23.9 Å². The molecule has 0 radical (unpaired) electrons. The van der Waals surface area contributed by atoms with E-state index in [2.05, 4.69) is 54.5 Å². The lowest BCUT2D eigenvalue weighted by molar-refractivity contribution is -0.206. The number of carboxylic acids is 2. The summed E-state index contributed by atoms with van der Waals surface area (Å²) in [5, 5.41) is 19.5. The van der Waals surface area contributed by atoms with Gasteiger partial charge in [0.15, 0.2) is 0 Å². The quantitative estimate of drug-likeness (QED) is 0.212. The van der Waals surface area contributed by atoms with Crippen molar-refractivity contribution < 1.29 is 38.9 Å². The zero-order valence-corrected chi connectivity index (χ0v) is 33.1. The van der Waals surface area contributed by atoms with Gasteiger partial charge >= 0.3 is 23.9 Å². The summed E-state index contributed by atoms with van der Waals surface area (Å²) in [4.78, 5) is 50.8. The fourth-order valence-electron chi connectivity index (χ4n) is 13.2. The summed E-state index contributed by atoms with van der Waals surface area (Å²) in [7, 11) is 0. The molecule has 0 bridgehead atoms. The van der Waals surface area contributed by atoms with Crippen LogP contribution in [0.2, 0.25) is 0 Å². The Morgan fingerprint density at radius 2 is 1.30 bits per heavy atom. The molecule has 2 N–H and O–H groups in total. The largest absolute Gasteiger partial charge is 0.478 e. The number of carbonyl (C=O) groups is 4. The van der Waals surface area contributed by atoms with E-state index in [9.17, 15) is 29.4 Å². The van der Waals surface area contributed by atoms with E-state index >= 15 is 0 Å². The van der Waals surface area contributed by atoms with Crippen molar-refractivity contribution in [2.75, 3.05) is 6.61 Å². The first-order valence-corrected chi connectivity index (χ1v) is 20.1. The molecule has 4 saturated carbocycles. The number of ether oxygens (including phenoxy) is 2. The van der Waals surface area contributed by atoms with Crippen molar-refractivity contribution in [3.63, 3.8) is 0 Å². The van der Waals surface area contributed by atoms with Gasteiger partial charge in [0.1, 0.15) is 6.10 Å². The van der Waals surface area contributed by atoms with E-state index in [0.29, 0.717) is 30.3 Å². The Labute approximate surface area is 320 Å². The molecule has 0 aromatic heterocycles. The third kappa shape index (κ3) is 5.67. The van der Waals surface area contributed by atoms with Gasteiger partial charge in [0.25, 0.3) is 0 Å². The van der Waals surface area contributed by atoms with Crippen LogP contribution >= 0.6 is 0 Å². The summed E-state index contributed by atoms with van der Waals surface area (Å²) >= 11 is 0. The lowest BCUT2D eigenvalue weighted by Crippen LogP contribution is -2.65. The van der Waals surface area contributed by atoms with Gasteiger partial charge < -0.3 is 19.7 Å². The number of fused-ring (bicyclic) bond motifs is 7. The van der Waals surface area contributed by atoms with E-state index in [1.165, 1.54) is 12.1 Å². The van der Waals surface area contributed by atoms with Crippen LogP contribution in [0.1, 0.15) is 148 Å². The summed E-state index contributed by atoms with van der Waals surface area (Å²) in [5.41, 5.74) is 1.23. The van der Waals surface area contributed by atoms with E-state index in [0.717, 1.165) is 57.8 Å². The summed E-state index contributed by atoms with van der Waals surface area (Å²) in [5.74, 6) is -1.41. The first-order valence-electron chi connectivity index (χ1n) is 20.1. The maximum Gasteiger partial charge on any atom is 0.339 e. The van der Waals surface area contributed by atoms with E-state index in [1.54, 1.807) is 42.0 Å². The maximum atomic E-state index is 13.5. The molecule has 4 fully saturated rings. The number of hydrogen-bond acceptors (Lipinski definition) is 6. The second-order valence-electron chi connectivity index (χ2n) is 19.0. The molecule has 0 saturated heterocycles. The molecule has 0 heterocycles. The molecule has 8 heteroatoms. The second kappa shape index (κ2) is 13.4. The molecule has 7 rings (SSSR count). The summed E-state index contributed by atoms with van der Waals surface area (Å²) in [6, 6.07) is 12.6. The number of aromatic carboxylic acids is 2. The standard InChI is InChI=1S/C46H58O8/c1-27-18-23-46(26-53-40(51)31-14-10-8-12-29(31)38(47)48)25-24-44(6)33(37(46)28(27)2)16-17-35-43(5)21-20-36(42(3,4)34(43)19-22-45(35,44)7)54-41(52)32-15-11-9-13-30(32)39(49)50/h8-16,27-28,34-37H,17-26H2,1-7H3,(H,47,48)(H,49,50)/t27-,28+,34+,35-,36+,37+,43+,44-,45-,46-/m1/s1. The first kappa shape index (κ1) is 38.3. The fraction of sp³-hybridized carbons (Fsp3) is 0.609. The van der Waals surface area contributed by atoms with E-state index in [-0.39, 0.29) is 61.4 Å². The Hall–Kier alpha value is -3.94. The monoisotopic (exact) mass is 738 g/mol. The molecular formula is C46H58O8. The van der Waals surface area contributed by atoms with Crippen LogP contribution in [0.15, 0.2) is 60.2 Å². The predicted molar refractivity (Wildman–Crippen MR) is 205 cm³/mol. The summed E-state index contributed by atoms with van der Waals surface area (Å²) in [6.45, 7) is 17.1. The molecule has 8 nitrogen and oxygen atoms in total. The minimum Gasteiger partial charge on any atom is -0.478 e. The maximum absolute atomic E-state index is 13.5. The van der Waals surface area contributed by atoms with E-state index in [1.807, 2.05) is 0 Å². The number of rotatable bonds is 7. The molecule has 290 valence electrons. The third-order valence-corrected chi connectivity index (χ3v) is 16.6. The highest BCUT2D eigenvalue weighted by Crippen LogP contribution is 2.76. The van der Waals surface area contributed by atoms with E-state index in [4.69, 9.17) is 9.47 Å². The van der Waals surface area contributed by atoms with Gasteiger partial charge in [-0.15, -0.1) is 0 Å². The van der Waals surface area contributed by atoms with Crippen molar-refractivity contribution >= 4 is 23.9 Å². The van der Waals surface area contributed by atoms with Gasteiger partial charge in [-0.1, -0.05) is 84.4 Å². The molecule has 54 heavy (non-hydrogen) atoms. The highest BCUT2D eigenvalue weighted by atomic mass is 16.5. The molecule has 2 aromatic rings. The van der Waals surface area contributed by atoms with Crippen LogP contribution in [0.25, 0.3) is 0 Å². The third-order valence-electron chi connectivity index (χ3n) is 16.6. The van der Waals surface area contributed by atoms with Crippen LogP contribution in [-0.2, 0) is 9.47 Å². The molecule has 0 amide bonds. The minimum absolute atomic E-state index is 0.0243. The Morgan fingerprint density at radius 1 is 0.704 bits per heavy atom. The van der Waals surface area contributed by atoms with Crippen molar-refractivity contribution in [1.29, 1.82) is 0 Å². The van der Waals surface area contributed by atoms with Gasteiger partial charge in [0, 0.05) is 10.8 Å². The summed E-state index contributed by atoms with van der Waals surface area (Å²) in [6.07, 6.45) is 11.1. The number of allylic oxidation sites excluding steroid dienone is 2. The first-order chi connectivity index (χ1) is 25.4. The average molecular weight is 739 g/mol. The van der Waals surface area contributed by atoms with Crippen molar-refractivity contribution in [3.05, 3.63) is 82.4 Å². The Morgan fingerprint density at radius 3 is 1.91 bits per heavy atom. The topological polar surface area (TPSA) is 127 Å². The molecule has 5 aliphatic rings. The molecular weight excluding hydrogens is 680 g/mol. The van der Waals surface area contributed by atoms with Crippen LogP contribution in [0.5, 0.6) is 0 Å². The minimum atomic E-state index is -1.14. The van der Waals surface area contributed by atoms with Crippen LogP contribution in [0.3, 0.4) is 0 Å².